The van der Waals surface area contributed by atoms with Crippen LogP contribution >= 0.6 is 31.9 Å². The highest BCUT2D eigenvalue weighted by atomic mass is 79.9. The molecule has 0 aliphatic rings. The molecule has 0 fully saturated rings. The lowest BCUT2D eigenvalue weighted by Gasteiger charge is -2.14. The third-order valence-corrected chi connectivity index (χ3v) is 4.27. The van der Waals surface area contributed by atoms with Gasteiger partial charge in [-0.15, -0.1) is 0 Å². The van der Waals surface area contributed by atoms with E-state index in [9.17, 15) is 13.2 Å². The molecule has 0 amide bonds. The lowest BCUT2D eigenvalue weighted by Crippen LogP contribution is -2.17. The number of hydrogen-bond acceptors (Lipinski definition) is 1. The van der Waals surface area contributed by atoms with Crippen molar-refractivity contribution in [3.63, 3.8) is 0 Å². The topological polar surface area (TPSA) is 9.23 Å². The van der Waals surface area contributed by atoms with Gasteiger partial charge < -0.3 is 4.74 Å². The van der Waals surface area contributed by atoms with Gasteiger partial charge in [-0.05, 0) is 42.9 Å². The molecule has 1 aromatic rings. The summed E-state index contributed by atoms with van der Waals surface area (Å²) in [5, 5.41) is 0.836. The average Bonchev–Trinajstić information content (AvgIpc) is 2.38. The Morgan fingerprint density at radius 2 is 1.80 bits per heavy atom. The summed E-state index contributed by atoms with van der Waals surface area (Å²) in [5.74, 6) is 0.408. The van der Waals surface area contributed by atoms with Gasteiger partial charge in [-0.3, -0.25) is 0 Å². The zero-order chi connectivity index (χ0) is 15.0. The van der Waals surface area contributed by atoms with Crippen molar-refractivity contribution in [2.24, 2.45) is 5.92 Å². The van der Waals surface area contributed by atoms with Crippen molar-refractivity contribution in [2.75, 3.05) is 18.5 Å². The SMILES string of the molecule is FC(F)(F)COCCCC(CBr)Cc1ccc(Br)cc1. The van der Waals surface area contributed by atoms with Gasteiger partial charge in [0.25, 0.3) is 0 Å². The Labute approximate surface area is 134 Å². The molecule has 0 aliphatic heterocycles. The molecule has 20 heavy (non-hydrogen) atoms. The summed E-state index contributed by atoms with van der Waals surface area (Å²) < 4.78 is 41.3. The van der Waals surface area contributed by atoms with Crippen LogP contribution in [0.1, 0.15) is 18.4 Å². The fourth-order valence-electron chi connectivity index (χ4n) is 1.85. The van der Waals surface area contributed by atoms with E-state index >= 15 is 0 Å². The number of ether oxygens (including phenoxy) is 1. The van der Waals surface area contributed by atoms with E-state index in [4.69, 9.17) is 0 Å². The monoisotopic (exact) mass is 416 g/mol. The molecule has 0 saturated carbocycles. The van der Waals surface area contributed by atoms with Crippen LogP contribution in [0.5, 0.6) is 0 Å². The van der Waals surface area contributed by atoms with E-state index in [-0.39, 0.29) is 6.61 Å². The minimum Gasteiger partial charge on any atom is -0.372 e. The van der Waals surface area contributed by atoms with Gasteiger partial charge in [-0.1, -0.05) is 44.0 Å². The van der Waals surface area contributed by atoms with Crippen LogP contribution in [0.4, 0.5) is 13.2 Å². The largest absolute Gasteiger partial charge is 0.411 e. The molecule has 0 heterocycles. The molecule has 0 spiro atoms. The molecule has 1 rings (SSSR count). The molecule has 0 N–H and O–H groups in total. The average molecular weight is 418 g/mol. The highest BCUT2D eigenvalue weighted by Crippen LogP contribution is 2.19. The highest BCUT2D eigenvalue weighted by Gasteiger charge is 2.27. The summed E-state index contributed by atoms with van der Waals surface area (Å²) in [5.41, 5.74) is 1.23. The van der Waals surface area contributed by atoms with Gasteiger partial charge in [0, 0.05) is 16.4 Å². The molecule has 0 saturated heterocycles. The van der Waals surface area contributed by atoms with Crippen LogP contribution in [-0.2, 0) is 11.2 Å². The second kappa shape index (κ2) is 9.05. The molecule has 0 radical (unpaired) electrons. The predicted octanol–water partition coefficient (Wildman–Crippen LogP) is 5.36. The first kappa shape index (κ1) is 18.0. The summed E-state index contributed by atoms with van der Waals surface area (Å²) in [7, 11) is 0. The van der Waals surface area contributed by atoms with Crippen molar-refractivity contribution >= 4 is 31.9 Å². The Morgan fingerprint density at radius 1 is 1.15 bits per heavy atom. The van der Waals surface area contributed by atoms with Crippen LogP contribution in [0.2, 0.25) is 0 Å². The molecule has 0 aliphatic carbocycles. The molecular formula is C14H17Br2F3O. The number of alkyl halides is 4. The molecule has 6 heteroatoms. The first-order valence-corrected chi connectivity index (χ1v) is 8.27. The van der Waals surface area contributed by atoms with E-state index in [1.165, 1.54) is 5.56 Å². The summed E-state index contributed by atoms with van der Waals surface area (Å²) in [6.07, 6.45) is -1.83. The maximum Gasteiger partial charge on any atom is 0.411 e. The Kier molecular flexibility index (Phi) is 8.14. The van der Waals surface area contributed by atoms with E-state index in [1.807, 2.05) is 12.1 Å². The van der Waals surface area contributed by atoms with E-state index in [0.717, 1.165) is 22.6 Å². The first-order valence-electron chi connectivity index (χ1n) is 6.35. The molecule has 1 nitrogen and oxygen atoms in total. The van der Waals surface area contributed by atoms with Gasteiger partial charge in [0.05, 0.1) is 0 Å². The van der Waals surface area contributed by atoms with Gasteiger partial charge in [-0.2, -0.15) is 13.2 Å². The molecule has 114 valence electrons. The van der Waals surface area contributed by atoms with Crippen LogP contribution in [0.25, 0.3) is 0 Å². The van der Waals surface area contributed by atoms with Crippen molar-refractivity contribution in [2.45, 2.75) is 25.4 Å². The molecular weight excluding hydrogens is 401 g/mol. The molecule has 1 aromatic carbocycles. The van der Waals surface area contributed by atoms with Crippen molar-refractivity contribution in [3.8, 4) is 0 Å². The van der Waals surface area contributed by atoms with E-state index in [1.54, 1.807) is 0 Å². The minimum absolute atomic E-state index is 0.156. The number of rotatable bonds is 8. The fourth-order valence-corrected chi connectivity index (χ4v) is 2.67. The van der Waals surface area contributed by atoms with Crippen molar-refractivity contribution in [1.29, 1.82) is 0 Å². The van der Waals surface area contributed by atoms with Crippen LogP contribution in [0.15, 0.2) is 28.7 Å². The van der Waals surface area contributed by atoms with E-state index < -0.39 is 12.8 Å². The molecule has 1 atom stereocenters. The fraction of sp³-hybridized carbons (Fsp3) is 0.571. The summed E-state index contributed by atoms with van der Waals surface area (Å²) in [6.45, 7) is -0.998. The maximum absolute atomic E-state index is 11.9. The predicted molar refractivity (Wildman–Crippen MR) is 81.2 cm³/mol. The Hall–Kier alpha value is -0.0700. The van der Waals surface area contributed by atoms with Crippen LogP contribution in [0.3, 0.4) is 0 Å². The second-order valence-corrected chi connectivity index (χ2v) is 6.22. The second-order valence-electron chi connectivity index (χ2n) is 4.66. The van der Waals surface area contributed by atoms with E-state index in [2.05, 4.69) is 48.7 Å². The molecule has 1 unspecified atom stereocenters. The van der Waals surface area contributed by atoms with Gasteiger partial charge in [-0.25, -0.2) is 0 Å². The summed E-state index contributed by atoms with van der Waals surface area (Å²) in [4.78, 5) is 0. The van der Waals surface area contributed by atoms with E-state index in [0.29, 0.717) is 12.3 Å². The van der Waals surface area contributed by atoms with Gasteiger partial charge in [0.1, 0.15) is 6.61 Å². The normalized spacial score (nSPS) is 13.4. The first-order chi connectivity index (χ1) is 9.40. The third kappa shape index (κ3) is 8.27. The number of hydrogen-bond donors (Lipinski definition) is 0. The maximum atomic E-state index is 11.9. The Bertz CT molecular complexity index is 379. The van der Waals surface area contributed by atoms with Crippen molar-refractivity contribution < 1.29 is 17.9 Å². The van der Waals surface area contributed by atoms with Crippen molar-refractivity contribution in [3.05, 3.63) is 34.3 Å². The lowest BCUT2D eigenvalue weighted by atomic mass is 9.97. The summed E-state index contributed by atoms with van der Waals surface area (Å²) >= 11 is 6.84. The zero-order valence-electron chi connectivity index (χ0n) is 10.9. The smallest absolute Gasteiger partial charge is 0.372 e. The quantitative estimate of drug-likeness (QED) is 0.408. The minimum atomic E-state index is -4.23. The van der Waals surface area contributed by atoms with Gasteiger partial charge in [0.2, 0.25) is 0 Å². The molecule has 0 aromatic heterocycles. The van der Waals surface area contributed by atoms with Gasteiger partial charge >= 0.3 is 6.18 Å². The number of halogens is 5. The molecule has 0 bridgehead atoms. The van der Waals surface area contributed by atoms with Crippen molar-refractivity contribution in [1.82, 2.24) is 0 Å². The standard InChI is InChI=1S/C14H17Br2F3O/c15-9-12(2-1-7-20-10-14(17,18)19)8-11-3-5-13(16)6-4-11/h3-6,12H,1-2,7-10H2. The van der Waals surface area contributed by atoms with Crippen LogP contribution < -0.4 is 0 Å². The number of benzene rings is 1. The van der Waals surface area contributed by atoms with Crippen LogP contribution in [-0.4, -0.2) is 24.7 Å². The Morgan fingerprint density at radius 3 is 2.35 bits per heavy atom. The summed E-state index contributed by atoms with van der Waals surface area (Å²) in [6, 6.07) is 8.10. The zero-order valence-corrected chi connectivity index (χ0v) is 14.1. The van der Waals surface area contributed by atoms with Crippen LogP contribution in [0, 0.1) is 5.92 Å². The highest BCUT2D eigenvalue weighted by molar-refractivity contribution is 9.10. The van der Waals surface area contributed by atoms with Gasteiger partial charge in [0.15, 0.2) is 0 Å². The third-order valence-electron chi connectivity index (χ3n) is 2.82. The lowest BCUT2D eigenvalue weighted by molar-refractivity contribution is -0.174. The Balaban J connectivity index is 2.24.